The molecule has 0 aromatic carbocycles. The van der Waals surface area contributed by atoms with Gasteiger partial charge in [-0.05, 0) is 25.7 Å². The van der Waals surface area contributed by atoms with Crippen molar-refractivity contribution in [2.75, 3.05) is 6.61 Å². The molecular weight excluding hydrogens is 295 g/mol. The topological polar surface area (TPSA) is 48.2 Å². The average Bonchev–Trinajstić information content (AvgIpc) is 2.48. The zero-order chi connectivity index (χ0) is 9.97. The average molecular weight is 308 g/mol. The number of halogens is 1. The molecule has 0 saturated heterocycles. The molecule has 4 nitrogen and oxygen atoms in total. The van der Waals surface area contributed by atoms with Crippen LogP contribution >= 0.6 is 22.6 Å². The van der Waals surface area contributed by atoms with Crippen molar-refractivity contribution in [1.82, 2.24) is 10.2 Å². The van der Waals surface area contributed by atoms with E-state index < -0.39 is 0 Å². The van der Waals surface area contributed by atoms with E-state index in [2.05, 4.69) is 10.2 Å². The van der Waals surface area contributed by atoms with Gasteiger partial charge >= 0.3 is 0 Å². The van der Waals surface area contributed by atoms with Crippen LogP contribution in [-0.2, 0) is 11.2 Å². The molecule has 0 unspecified atom stereocenters. The van der Waals surface area contributed by atoms with Crippen molar-refractivity contribution < 1.29 is 9.15 Å². The number of hydrogen-bond donors (Lipinski definition) is 0. The molecule has 1 aromatic heterocycles. The minimum atomic E-state index is 0.465. The Bertz CT molecular complexity index is 297. The lowest BCUT2D eigenvalue weighted by Crippen LogP contribution is -2.32. The monoisotopic (exact) mass is 308 g/mol. The van der Waals surface area contributed by atoms with Crippen LogP contribution in [-0.4, -0.2) is 22.9 Å². The van der Waals surface area contributed by atoms with Crippen molar-refractivity contribution >= 4 is 22.6 Å². The highest BCUT2D eigenvalue weighted by Crippen LogP contribution is 2.32. The molecule has 1 aromatic rings. The van der Waals surface area contributed by atoms with E-state index >= 15 is 0 Å². The Morgan fingerprint density at radius 2 is 2.29 bits per heavy atom. The molecule has 14 heavy (non-hydrogen) atoms. The first-order valence-electron chi connectivity index (χ1n) is 4.87. The third-order valence-electron chi connectivity index (χ3n) is 2.50. The van der Waals surface area contributed by atoms with Gasteiger partial charge in [0.2, 0.25) is 5.89 Å². The van der Waals surface area contributed by atoms with Gasteiger partial charge in [0.15, 0.2) is 0 Å². The van der Waals surface area contributed by atoms with E-state index in [0.29, 0.717) is 15.9 Å². The van der Waals surface area contributed by atoms with E-state index in [1.165, 1.54) is 0 Å². The van der Waals surface area contributed by atoms with Crippen molar-refractivity contribution in [1.29, 1.82) is 0 Å². The van der Waals surface area contributed by atoms with Gasteiger partial charge in [-0.3, -0.25) is 0 Å². The SMILES string of the molecule is CCOC1CC(Cc2nnc(I)o2)C1. The molecule has 5 heteroatoms. The highest BCUT2D eigenvalue weighted by atomic mass is 127. The van der Waals surface area contributed by atoms with Crippen LogP contribution in [0.25, 0.3) is 0 Å². The fraction of sp³-hybridized carbons (Fsp3) is 0.778. The molecule has 1 heterocycles. The minimum absolute atomic E-state index is 0.465. The number of hydrogen-bond acceptors (Lipinski definition) is 4. The molecular formula is C9H13IN2O2. The van der Waals surface area contributed by atoms with Crippen LogP contribution in [0.5, 0.6) is 0 Å². The molecule has 0 radical (unpaired) electrons. The molecule has 0 bridgehead atoms. The molecule has 0 atom stereocenters. The van der Waals surface area contributed by atoms with Crippen LogP contribution in [0.1, 0.15) is 25.7 Å². The van der Waals surface area contributed by atoms with E-state index in [1.54, 1.807) is 0 Å². The summed E-state index contributed by atoms with van der Waals surface area (Å²) in [5.74, 6) is 1.43. The fourth-order valence-corrected chi connectivity index (χ4v) is 2.14. The van der Waals surface area contributed by atoms with Crippen LogP contribution in [0.4, 0.5) is 0 Å². The van der Waals surface area contributed by atoms with E-state index in [4.69, 9.17) is 9.15 Å². The third-order valence-corrected chi connectivity index (χ3v) is 2.94. The molecule has 0 aliphatic heterocycles. The Hall–Kier alpha value is -0.170. The molecule has 0 amide bonds. The van der Waals surface area contributed by atoms with Crippen LogP contribution in [0, 0.1) is 9.82 Å². The van der Waals surface area contributed by atoms with Crippen LogP contribution < -0.4 is 0 Å². The number of aromatic nitrogens is 2. The summed E-state index contributed by atoms with van der Waals surface area (Å²) < 4.78 is 11.4. The maximum absolute atomic E-state index is 5.48. The summed E-state index contributed by atoms with van der Waals surface area (Å²) in [6.07, 6.45) is 3.63. The molecule has 1 fully saturated rings. The van der Waals surface area contributed by atoms with Gasteiger partial charge in [-0.25, -0.2) is 0 Å². The van der Waals surface area contributed by atoms with E-state index in [1.807, 2.05) is 29.5 Å². The maximum Gasteiger partial charge on any atom is 0.278 e. The summed E-state index contributed by atoms with van der Waals surface area (Å²) in [4.78, 5) is 0. The number of rotatable bonds is 4. The van der Waals surface area contributed by atoms with Gasteiger partial charge in [0, 0.05) is 35.6 Å². The normalized spacial score (nSPS) is 26.1. The van der Waals surface area contributed by atoms with Gasteiger partial charge in [-0.2, -0.15) is 0 Å². The second-order valence-electron chi connectivity index (χ2n) is 3.57. The Morgan fingerprint density at radius 3 is 2.86 bits per heavy atom. The molecule has 0 N–H and O–H groups in total. The van der Waals surface area contributed by atoms with E-state index in [-0.39, 0.29) is 0 Å². The van der Waals surface area contributed by atoms with Crippen LogP contribution in [0.15, 0.2) is 4.42 Å². The smallest absolute Gasteiger partial charge is 0.278 e. The van der Waals surface area contributed by atoms with Crippen LogP contribution in [0.3, 0.4) is 0 Å². The standard InChI is InChI=1S/C9H13IN2O2/c1-2-13-7-3-6(4-7)5-8-11-12-9(10)14-8/h6-7H,2-5H2,1H3. The highest BCUT2D eigenvalue weighted by Gasteiger charge is 2.30. The molecule has 1 saturated carbocycles. The Kier molecular flexibility index (Phi) is 3.38. The van der Waals surface area contributed by atoms with Crippen molar-refractivity contribution in [3.05, 3.63) is 9.79 Å². The lowest BCUT2D eigenvalue weighted by molar-refractivity contribution is -0.0255. The Balaban J connectivity index is 1.74. The number of ether oxygens (including phenoxy) is 1. The largest absolute Gasteiger partial charge is 0.416 e. The zero-order valence-electron chi connectivity index (χ0n) is 8.07. The predicted molar refractivity (Wildman–Crippen MR) is 58.9 cm³/mol. The second-order valence-corrected chi connectivity index (χ2v) is 4.49. The maximum atomic E-state index is 5.48. The minimum Gasteiger partial charge on any atom is -0.416 e. The van der Waals surface area contributed by atoms with Gasteiger partial charge in [0.25, 0.3) is 3.90 Å². The summed E-state index contributed by atoms with van der Waals surface area (Å²) >= 11 is 2.03. The van der Waals surface area contributed by atoms with Gasteiger partial charge in [0.1, 0.15) is 0 Å². The molecule has 1 aliphatic rings. The Labute approximate surface area is 96.6 Å². The lowest BCUT2D eigenvalue weighted by atomic mass is 9.80. The summed E-state index contributed by atoms with van der Waals surface area (Å²) in [5, 5.41) is 7.77. The van der Waals surface area contributed by atoms with Crippen molar-refractivity contribution in [2.45, 2.75) is 32.3 Å². The van der Waals surface area contributed by atoms with E-state index in [9.17, 15) is 0 Å². The van der Waals surface area contributed by atoms with Gasteiger partial charge in [-0.1, -0.05) is 0 Å². The molecule has 2 rings (SSSR count). The molecule has 78 valence electrons. The first-order chi connectivity index (χ1) is 6.78. The fourth-order valence-electron chi connectivity index (χ4n) is 1.78. The van der Waals surface area contributed by atoms with Crippen molar-refractivity contribution in [3.8, 4) is 0 Å². The number of nitrogens with zero attached hydrogens (tertiary/aromatic N) is 2. The van der Waals surface area contributed by atoms with Crippen molar-refractivity contribution in [2.24, 2.45) is 5.92 Å². The first-order valence-corrected chi connectivity index (χ1v) is 5.95. The Morgan fingerprint density at radius 1 is 1.50 bits per heavy atom. The van der Waals surface area contributed by atoms with Crippen molar-refractivity contribution in [3.63, 3.8) is 0 Å². The summed E-state index contributed by atoms with van der Waals surface area (Å²) in [5.41, 5.74) is 0. The third kappa shape index (κ3) is 2.44. The second kappa shape index (κ2) is 4.57. The first kappa shape index (κ1) is 10.4. The van der Waals surface area contributed by atoms with E-state index in [0.717, 1.165) is 31.8 Å². The van der Waals surface area contributed by atoms with Crippen LogP contribution in [0.2, 0.25) is 0 Å². The summed E-state index contributed by atoms with van der Waals surface area (Å²) in [7, 11) is 0. The lowest BCUT2D eigenvalue weighted by Gasteiger charge is -2.33. The predicted octanol–water partition coefficient (Wildman–Crippen LogP) is 2.03. The quantitative estimate of drug-likeness (QED) is 0.799. The molecule has 1 aliphatic carbocycles. The molecule has 0 spiro atoms. The summed E-state index contributed by atoms with van der Waals surface area (Å²) in [6.45, 7) is 2.85. The zero-order valence-corrected chi connectivity index (χ0v) is 10.2. The van der Waals surface area contributed by atoms with Gasteiger partial charge in [0.05, 0.1) is 6.10 Å². The highest BCUT2D eigenvalue weighted by molar-refractivity contribution is 14.1. The van der Waals surface area contributed by atoms with Gasteiger partial charge in [-0.15, -0.1) is 10.2 Å². The van der Waals surface area contributed by atoms with Gasteiger partial charge < -0.3 is 9.15 Å². The summed E-state index contributed by atoms with van der Waals surface area (Å²) in [6, 6.07) is 0.